The van der Waals surface area contributed by atoms with Gasteiger partial charge in [-0.05, 0) is 31.5 Å². The van der Waals surface area contributed by atoms with E-state index in [1.807, 2.05) is 32.0 Å². The summed E-state index contributed by atoms with van der Waals surface area (Å²) in [5.41, 5.74) is 8.31. The second-order valence-electron chi connectivity index (χ2n) is 3.91. The van der Waals surface area contributed by atoms with Gasteiger partial charge in [0.2, 0.25) is 5.82 Å². The van der Waals surface area contributed by atoms with Crippen LogP contribution in [0.1, 0.15) is 24.4 Å². The predicted molar refractivity (Wildman–Crippen MR) is 64.3 cm³/mol. The van der Waals surface area contributed by atoms with E-state index < -0.39 is 0 Å². The third-order valence-electron chi connectivity index (χ3n) is 2.65. The number of nitrogens with two attached hydrogens (primary N) is 1. The molecule has 2 rings (SSSR count). The molecule has 0 aliphatic carbocycles. The van der Waals surface area contributed by atoms with Crippen LogP contribution in [0.2, 0.25) is 0 Å². The van der Waals surface area contributed by atoms with E-state index in [0.717, 1.165) is 11.1 Å². The van der Waals surface area contributed by atoms with Gasteiger partial charge in [0.1, 0.15) is 6.10 Å². The van der Waals surface area contributed by atoms with E-state index in [1.165, 1.54) is 0 Å². The summed E-state index contributed by atoms with van der Waals surface area (Å²) in [7, 11) is 1.60. The second-order valence-corrected chi connectivity index (χ2v) is 3.91. The standard InChI is InChI=1S/C12H15N3O2/c1-7-4-5-9(13)6-10(7)12-14-11(15-17-12)8(2)16-3/h4-6,8H,13H2,1-3H3. The molecule has 90 valence electrons. The molecule has 0 saturated heterocycles. The smallest absolute Gasteiger partial charge is 0.258 e. The van der Waals surface area contributed by atoms with Crippen molar-refractivity contribution in [2.45, 2.75) is 20.0 Å². The van der Waals surface area contributed by atoms with Crippen LogP contribution in [0, 0.1) is 6.92 Å². The molecule has 0 amide bonds. The number of aromatic nitrogens is 2. The largest absolute Gasteiger partial charge is 0.399 e. The summed E-state index contributed by atoms with van der Waals surface area (Å²) < 4.78 is 10.3. The molecule has 0 aliphatic rings. The number of ether oxygens (including phenoxy) is 1. The molecule has 1 unspecified atom stereocenters. The molecule has 1 aromatic heterocycles. The number of rotatable bonds is 3. The number of hydrogen-bond donors (Lipinski definition) is 1. The van der Waals surface area contributed by atoms with Crippen LogP contribution in [0.15, 0.2) is 22.7 Å². The van der Waals surface area contributed by atoms with Gasteiger partial charge in [-0.3, -0.25) is 0 Å². The zero-order chi connectivity index (χ0) is 12.4. The second kappa shape index (κ2) is 4.55. The average molecular weight is 233 g/mol. The van der Waals surface area contributed by atoms with Gasteiger partial charge in [0.05, 0.1) is 0 Å². The summed E-state index contributed by atoms with van der Waals surface area (Å²) in [5.74, 6) is 0.998. The van der Waals surface area contributed by atoms with Crippen molar-refractivity contribution >= 4 is 5.69 Å². The van der Waals surface area contributed by atoms with Gasteiger partial charge in [-0.25, -0.2) is 0 Å². The predicted octanol–water partition coefficient (Wildman–Crippen LogP) is 2.33. The number of hydrogen-bond acceptors (Lipinski definition) is 5. The fraction of sp³-hybridized carbons (Fsp3) is 0.333. The lowest BCUT2D eigenvalue weighted by atomic mass is 10.1. The normalized spacial score (nSPS) is 12.6. The zero-order valence-electron chi connectivity index (χ0n) is 10.1. The number of nitrogen functional groups attached to an aromatic ring is 1. The van der Waals surface area contributed by atoms with Crippen LogP contribution < -0.4 is 5.73 Å². The maximum atomic E-state index is 5.74. The van der Waals surface area contributed by atoms with Gasteiger partial charge in [-0.1, -0.05) is 11.2 Å². The summed E-state index contributed by atoms with van der Waals surface area (Å²) in [5, 5.41) is 3.88. The van der Waals surface area contributed by atoms with Crippen molar-refractivity contribution in [1.29, 1.82) is 0 Å². The summed E-state index contributed by atoms with van der Waals surface area (Å²) in [4.78, 5) is 4.29. The summed E-state index contributed by atoms with van der Waals surface area (Å²) in [6.07, 6.45) is -0.186. The Hall–Kier alpha value is -1.88. The van der Waals surface area contributed by atoms with Crippen LogP contribution in [-0.4, -0.2) is 17.3 Å². The van der Waals surface area contributed by atoms with Gasteiger partial charge in [-0.15, -0.1) is 0 Å². The van der Waals surface area contributed by atoms with Crippen molar-refractivity contribution in [3.8, 4) is 11.5 Å². The van der Waals surface area contributed by atoms with E-state index >= 15 is 0 Å². The number of aryl methyl sites for hydroxylation is 1. The van der Waals surface area contributed by atoms with Crippen molar-refractivity contribution in [2.24, 2.45) is 0 Å². The van der Waals surface area contributed by atoms with E-state index in [0.29, 0.717) is 17.4 Å². The number of benzene rings is 1. The van der Waals surface area contributed by atoms with E-state index in [1.54, 1.807) is 7.11 Å². The first kappa shape index (κ1) is 11.6. The molecule has 17 heavy (non-hydrogen) atoms. The molecular formula is C12H15N3O2. The molecule has 0 saturated carbocycles. The summed E-state index contributed by atoms with van der Waals surface area (Å²) in [6, 6.07) is 5.59. The molecule has 0 fully saturated rings. The minimum Gasteiger partial charge on any atom is -0.399 e. The summed E-state index contributed by atoms with van der Waals surface area (Å²) in [6.45, 7) is 3.83. The highest BCUT2D eigenvalue weighted by atomic mass is 16.5. The van der Waals surface area contributed by atoms with Crippen LogP contribution in [0.4, 0.5) is 5.69 Å². The Labute approximate surface area is 99.6 Å². The first-order chi connectivity index (χ1) is 8.11. The lowest BCUT2D eigenvalue weighted by Gasteiger charge is -2.02. The highest BCUT2D eigenvalue weighted by Gasteiger charge is 2.15. The van der Waals surface area contributed by atoms with Gasteiger partial charge in [0, 0.05) is 18.4 Å². The van der Waals surface area contributed by atoms with Gasteiger partial charge in [0.15, 0.2) is 0 Å². The topological polar surface area (TPSA) is 74.2 Å². The van der Waals surface area contributed by atoms with Crippen molar-refractivity contribution in [3.63, 3.8) is 0 Å². The fourth-order valence-corrected chi connectivity index (χ4v) is 1.48. The molecule has 5 heteroatoms. The first-order valence-corrected chi connectivity index (χ1v) is 5.34. The van der Waals surface area contributed by atoms with Crippen molar-refractivity contribution in [2.75, 3.05) is 12.8 Å². The lowest BCUT2D eigenvalue weighted by molar-refractivity contribution is 0.109. The molecule has 0 aliphatic heterocycles. The SMILES string of the molecule is COC(C)c1noc(-c2cc(N)ccc2C)n1. The van der Waals surface area contributed by atoms with Crippen LogP contribution in [0.25, 0.3) is 11.5 Å². The first-order valence-electron chi connectivity index (χ1n) is 5.34. The molecule has 2 N–H and O–H groups in total. The van der Waals surface area contributed by atoms with Crippen LogP contribution in [0.3, 0.4) is 0 Å². The van der Waals surface area contributed by atoms with E-state index in [2.05, 4.69) is 10.1 Å². The highest BCUT2D eigenvalue weighted by molar-refractivity contribution is 5.63. The molecular weight excluding hydrogens is 218 g/mol. The van der Waals surface area contributed by atoms with Crippen molar-refractivity contribution < 1.29 is 9.26 Å². The van der Waals surface area contributed by atoms with Gasteiger partial charge in [-0.2, -0.15) is 4.98 Å². The number of nitrogens with zero attached hydrogens (tertiary/aromatic N) is 2. The Morgan fingerprint density at radius 1 is 1.41 bits per heavy atom. The Morgan fingerprint density at radius 2 is 2.18 bits per heavy atom. The van der Waals surface area contributed by atoms with Gasteiger partial charge >= 0.3 is 0 Å². The Kier molecular flexibility index (Phi) is 3.10. The molecule has 5 nitrogen and oxygen atoms in total. The zero-order valence-corrected chi connectivity index (χ0v) is 10.1. The number of anilines is 1. The minimum atomic E-state index is -0.186. The van der Waals surface area contributed by atoms with Crippen LogP contribution in [0.5, 0.6) is 0 Å². The van der Waals surface area contributed by atoms with E-state index in [-0.39, 0.29) is 6.10 Å². The molecule has 0 bridgehead atoms. The third kappa shape index (κ3) is 2.29. The Balaban J connectivity index is 2.40. The van der Waals surface area contributed by atoms with E-state index in [9.17, 15) is 0 Å². The number of methoxy groups -OCH3 is 1. The molecule has 1 atom stereocenters. The average Bonchev–Trinajstić information content (AvgIpc) is 2.80. The monoisotopic (exact) mass is 233 g/mol. The quantitative estimate of drug-likeness (QED) is 0.823. The Bertz CT molecular complexity index is 522. The molecule has 0 spiro atoms. The summed E-state index contributed by atoms with van der Waals surface area (Å²) >= 11 is 0. The Morgan fingerprint density at radius 3 is 2.88 bits per heavy atom. The maximum Gasteiger partial charge on any atom is 0.258 e. The van der Waals surface area contributed by atoms with Gasteiger partial charge < -0.3 is 15.0 Å². The fourth-order valence-electron chi connectivity index (χ4n) is 1.48. The molecule has 0 radical (unpaired) electrons. The van der Waals surface area contributed by atoms with Crippen molar-refractivity contribution in [3.05, 3.63) is 29.6 Å². The van der Waals surface area contributed by atoms with Crippen LogP contribution in [-0.2, 0) is 4.74 Å². The van der Waals surface area contributed by atoms with Gasteiger partial charge in [0.25, 0.3) is 5.89 Å². The van der Waals surface area contributed by atoms with Crippen LogP contribution >= 0.6 is 0 Å². The minimum absolute atomic E-state index is 0.186. The molecule has 1 aromatic carbocycles. The lowest BCUT2D eigenvalue weighted by Crippen LogP contribution is -1.98. The molecule has 2 aromatic rings. The molecule has 1 heterocycles. The third-order valence-corrected chi connectivity index (χ3v) is 2.65. The maximum absolute atomic E-state index is 5.74. The highest BCUT2D eigenvalue weighted by Crippen LogP contribution is 2.25. The van der Waals surface area contributed by atoms with E-state index in [4.69, 9.17) is 15.0 Å². The van der Waals surface area contributed by atoms with Crippen molar-refractivity contribution in [1.82, 2.24) is 10.1 Å².